The molecule has 0 saturated carbocycles. The lowest BCUT2D eigenvalue weighted by Gasteiger charge is -2.46. The molecule has 0 saturated heterocycles. The molecule has 10 aromatic rings. The summed E-state index contributed by atoms with van der Waals surface area (Å²) in [4.78, 5) is 7.64. The summed E-state index contributed by atoms with van der Waals surface area (Å²) in [6.45, 7) is 25.6. The van der Waals surface area contributed by atoms with E-state index < -0.39 is 0 Å². The Balaban J connectivity index is 1.15. The number of hydrogen-bond acceptors (Lipinski definition) is 4. The first-order chi connectivity index (χ1) is 36.4. The van der Waals surface area contributed by atoms with E-state index in [1.54, 1.807) is 0 Å². The minimum atomic E-state index is -0.219. The van der Waals surface area contributed by atoms with Crippen molar-refractivity contribution in [3.63, 3.8) is 0 Å². The van der Waals surface area contributed by atoms with E-state index in [2.05, 4.69) is 279 Å². The Morgan fingerprint density at radius 3 is 1.71 bits per heavy atom. The van der Waals surface area contributed by atoms with Crippen LogP contribution in [0.15, 0.2) is 192 Å². The van der Waals surface area contributed by atoms with Gasteiger partial charge in [0.25, 0.3) is 0 Å². The van der Waals surface area contributed by atoms with Crippen molar-refractivity contribution in [2.45, 2.75) is 111 Å². The maximum Gasteiger partial charge on any atom is 0.333 e. The lowest BCUT2D eigenvalue weighted by atomic mass is 9.43. The Labute approximate surface area is 450 Å². The maximum atomic E-state index is 7.45. The summed E-state index contributed by atoms with van der Waals surface area (Å²) in [6.07, 6.45) is 2.30. The third kappa shape index (κ3) is 7.63. The molecule has 376 valence electrons. The molecule has 0 amide bonds. The molecule has 4 nitrogen and oxygen atoms in total. The van der Waals surface area contributed by atoms with Crippen LogP contribution in [-0.2, 0) is 21.7 Å². The molecule has 76 heavy (non-hydrogen) atoms. The molecule has 3 heterocycles. The van der Waals surface area contributed by atoms with Crippen LogP contribution in [0, 0.1) is 6.92 Å². The monoisotopic (exact) mass is 990 g/mol. The fraction of sp³-hybridized carbons (Fsp3) is 0.239. The largest absolute Gasteiger partial charge is 0.455 e. The Hall–Kier alpha value is -7.76. The molecule has 0 bridgehead atoms. The smallest absolute Gasteiger partial charge is 0.333 e. The van der Waals surface area contributed by atoms with E-state index in [1.165, 1.54) is 66.5 Å². The highest BCUT2D eigenvalue weighted by atomic mass is 16.3. The number of anilines is 8. The first-order valence-corrected chi connectivity index (χ1v) is 27.5. The Kier molecular flexibility index (Phi) is 10.8. The Morgan fingerprint density at radius 1 is 0.500 bits per heavy atom. The van der Waals surface area contributed by atoms with Crippen LogP contribution in [0.3, 0.4) is 0 Å². The van der Waals surface area contributed by atoms with Crippen LogP contribution in [0.4, 0.5) is 45.5 Å². The lowest BCUT2D eigenvalue weighted by Crippen LogP contribution is -2.61. The summed E-state index contributed by atoms with van der Waals surface area (Å²) in [5.74, 6) is 0. The quantitative estimate of drug-likeness (QED) is 0.155. The molecule has 0 unspecified atom stereocenters. The topological polar surface area (TPSA) is 22.9 Å². The fourth-order valence-corrected chi connectivity index (χ4v) is 12.9. The van der Waals surface area contributed by atoms with Crippen molar-refractivity contribution in [1.82, 2.24) is 0 Å². The van der Waals surface area contributed by atoms with Crippen LogP contribution in [0.25, 0.3) is 44.2 Å². The molecule has 0 fully saturated rings. The second kappa shape index (κ2) is 17.1. The molecule has 0 atom stereocenters. The molecule has 9 aromatic carbocycles. The Morgan fingerprint density at radius 2 is 1.08 bits per heavy atom. The van der Waals surface area contributed by atoms with Gasteiger partial charge in [-0.25, -0.2) is 0 Å². The van der Waals surface area contributed by atoms with Crippen molar-refractivity contribution in [2.24, 2.45) is 0 Å². The van der Waals surface area contributed by atoms with Gasteiger partial charge in [-0.1, -0.05) is 160 Å². The fourth-order valence-electron chi connectivity index (χ4n) is 12.9. The van der Waals surface area contributed by atoms with E-state index in [1.807, 2.05) is 0 Å². The molecule has 0 spiro atoms. The molecule has 0 radical (unpaired) electrons. The van der Waals surface area contributed by atoms with Crippen molar-refractivity contribution in [1.29, 1.82) is 0 Å². The van der Waals surface area contributed by atoms with Gasteiger partial charge >= 0.3 is 6.85 Å². The molecular weight excluding hydrogens is 922 g/mol. The second-order valence-corrected chi connectivity index (χ2v) is 25.3. The number of aryl methyl sites for hydroxylation is 1. The van der Waals surface area contributed by atoms with Gasteiger partial charge in [0.15, 0.2) is 0 Å². The van der Waals surface area contributed by atoms with E-state index in [-0.39, 0.29) is 28.5 Å². The van der Waals surface area contributed by atoms with Crippen LogP contribution in [0.5, 0.6) is 0 Å². The van der Waals surface area contributed by atoms with Gasteiger partial charge in [-0.15, -0.1) is 0 Å². The normalized spacial score (nSPS) is 15.3. The molecule has 1 aliphatic carbocycles. The number of rotatable bonds is 6. The standard InChI is InChI=1S/C71H68BN3O/c1-45-39-56-65-62(36-33-53-55-43-57-58(44-64(55)76-67(53)65)71(10,11)38-37-70(57,8)9)75(51-30-27-47(28-31-51)68(2,3)4)72-59-42-52(73(49-23-17-13-18-24-49)50-25-19-14-20-26-50)32-35-61(59)74(63(40-45)66(56)72)60-34-29-48(69(5,6)7)41-54(60)46-21-15-12-16-22-46/h12-36,39-44H,37-38H2,1-11H3. The van der Waals surface area contributed by atoms with Crippen LogP contribution in [0.1, 0.15) is 110 Å². The number of fused-ring (bicyclic) bond motifs is 9. The van der Waals surface area contributed by atoms with Gasteiger partial charge in [-0.2, -0.15) is 0 Å². The van der Waals surface area contributed by atoms with E-state index in [9.17, 15) is 0 Å². The minimum Gasteiger partial charge on any atom is -0.455 e. The first-order valence-electron chi connectivity index (χ1n) is 27.5. The van der Waals surface area contributed by atoms with Gasteiger partial charge in [0.05, 0.1) is 5.69 Å². The molecule has 0 N–H and O–H groups in total. The summed E-state index contributed by atoms with van der Waals surface area (Å²) in [5, 5.41) is 2.35. The van der Waals surface area contributed by atoms with E-state index in [0.29, 0.717) is 0 Å². The predicted molar refractivity (Wildman–Crippen MR) is 325 cm³/mol. The summed E-state index contributed by atoms with van der Waals surface area (Å²) >= 11 is 0. The summed E-state index contributed by atoms with van der Waals surface area (Å²) in [5.41, 5.74) is 24.9. The van der Waals surface area contributed by atoms with Crippen molar-refractivity contribution < 1.29 is 4.42 Å². The van der Waals surface area contributed by atoms with Gasteiger partial charge in [0.1, 0.15) is 11.2 Å². The van der Waals surface area contributed by atoms with Crippen LogP contribution < -0.4 is 25.5 Å². The summed E-state index contributed by atoms with van der Waals surface area (Å²) in [7, 11) is 0. The maximum absolute atomic E-state index is 7.45. The number of hydrogen-bond donors (Lipinski definition) is 0. The SMILES string of the molecule is Cc1cc2c3c(c1)N(c1ccc(C(C)(C)C)cc1-c1ccccc1)c1ccc(N(c4ccccc4)c4ccccc4)cc1B3N(c1ccc(C(C)(C)C)cc1)c1ccc3c(oc4cc5c(cc43)C(C)(C)CCC5(C)C)c1-2. The first kappa shape index (κ1) is 47.9. The van der Waals surface area contributed by atoms with Crippen LogP contribution in [-0.4, -0.2) is 6.85 Å². The predicted octanol–water partition coefficient (Wildman–Crippen LogP) is 18.7. The number of benzene rings is 9. The molecule has 2 aliphatic heterocycles. The average molecular weight is 990 g/mol. The highest BCUT2D eigenvalue weighted by Crippen LogP contribution is 2.54. The highest BCUT2D eigenvalue weighted by Gasteiger charge is 2.47. The molecular formula is C71H68BN3O. The van der Waals surface area contributed by atoms with Gasteiger partial charge in [-0.3, -0.25) is 0 Å². The van der Waals surface area contributed by atoms with E-state index >= 15 is 0 Å². The van der Waals surface area contributed by atoms with Gasteiger partial charge < -0.3 is 19.0 Å². The number of nitrogens with zero attached hydrogens (tertiary/aromatic N) is 3. The zero-order chi connectivity index (χ0) is 52.6. The van der Waals surface area contributed by atoms with Crippen LogP contribution in [0.2, 0.25) is 0 Å². The van der Waals surface area contributed by atoms with Crippen molar-refractivity contribution in [2.75, 3.05) is 14.6 Å². The average Bonchev–Trinajstić information content (AvgIpc) is 3.85. The zero-order valence-electron chi connectivity index (χ0n) is 46.1. The summed E-state index contributed by atoms with van der Waals surface area (Å²) < 4.78 is 7.45. The molecule has 1 aromatic heterocycles. The third-order valence-electron chi connectivity index (χ3n) is 17.2. The van der Waals surface area contributed by atoms with Crippen molar-refractivity contribution in [3.8, 4) is 22.3 Å². The zero-order valence-corrected chi connectivity index (χ0v) is 46.1. The van der Waals surface area contributed by atoms with Crippen molar-refractivity contribution in [3.05, 3.63) is 216 Å². The van der Waals surface area contributed by atoms with Gasteiger partial charge in [-0.05, 0) is 188 Å². The minimum absolute atomic E-state index is 0.0114. The summed E-state index contributed by atoms with van der Waals surface area (Å²) in [6, 6.07) is 71.0. The molecule has 13 rings (SSSR count). The van der Waals surface area contributed by atoms with E-state index in [4.69, 9.17) is 4.42 Å². The van der Waals surface area contributed by atoms with Crippen LogP contribution >= 0.6 is 0 Å². The lowest BCUT2D eigenvalue weighted by molar-refractivity contribution is 0.332. The Bertz CT molecular complexity index is 3870. The van der Waals surface area contributed by atoms with Crippen molar-refractivity contribution >= 4 is 85.2 Å². The molecule has 3 aliphatic rings. The van der Waals surface area contributed by atoms with Gasteiger partial charge in [0.2, 0.25) is 0 Å². The molecule has 5 heteroatoms. The third-order valence-corrected chi connectivity index (χ3v) is 17.2. The number of furan rings is 1. The highest BCUT2D eigenvalue weighted by molar-refractivity contribution is 6.93. The second-order valence-electron chi connectivity index (χ2n) is 25.3. The number of para-hydroxylation sites is 2. The van der Waals surface area contributed by atoms with Gasteiger partial charge in [0, 0.05) is 61.7 Å². The van der Waals surface area contributed by atoms with E-state index in [0.717, 1.165) is 74.8 Å².